The molecule has 3 saturated carbocycles. The Kier molecular flexibility index (Phi) is 15.7. The molecule has 0 N–H and O–H groups in total. The molecule has 348 valence electrons. The van der Waals surface area contributed by atoms with Crippen molar-refractivity contribution in [3.63, 3.8) is 0 Å². The molecule has 3 aromatic rings. The lowest BCUT2D eigenvalue weighted by Gasteiger charge is -2.58. The van der Waals surface area contributed by atoms with Gasteiger partial charge in [0.2, 0.25) is 0 Å². The van der Waals surface area contributed by atoms with Crippen LogP contribution in [0.5, 0.6) is 23.0 Å². The van der Waals surface area contributed by atoms with Gasteiger partial charge in [0.1, 0.15) is 35.7 Å². The maximum Gasteiger partial charge on any atom is 0.343 e. The van der Waals surface area contributed by atoms with Crippen molar-refractivity contribution in [1.82, 2.24) is 0 Å². The number of benzene rings is 3. The fourth-order valence-corrected chi connectivity index (χ4v) is 12.1. The summed E-state index contributed by atoms with van der Waals surface area (Å²) in [5.74, 6) is 4.60. The number of esters is 4. The monoisotopic (exact) mass is 887 g/mol. The van der Waals surface area contributed by atoms with Gasteiger partial charge in [-0.15, -0.1) is 0 Å². The topological polar surface area (TPSA) is 114 Å². The van der Waals surface area contributed by atoms with E-state index in [1.54, 1.807) is 78.9 Å². The Hall–Kier alpha value is -5.18. The Bertz CT molecular complexity index is 2150. The highest BCUT2D eigenvalue weighted by molar-refractivity contribution is 5.91. The average Bonchev–Trinajstić information content (AvgIpc) is 3.65. The van der Waals surface area contributed by atoms with Crippen molar-refractivity contribution in [2.75, 3.05) is 6.61 Å². The Balaban J connectivity index is 0.798. The highest BCUT2D eigenvalue weighted by Gasteiger charge is 2.59. The fraction of sp³-hybridized carbons (Fsp3) is 0.536. The average molecular weight is 887 g/mol. The number of carbonyl (C=O) groups is 4. The second-order valence-electron chi connectivity index (χ2n) is 20.2. The van der Waals surface area contributed by atoms with Crippen molar-refractivity contribution in [1.29, 1.82) is 0 Å². The molecule has 0 radical (unpaired) electrons. The molecule has 0 amide bonds. The molecule has 7 rings (SSSR count). The van der Waals surface area contributed by atoms with E-state index in [9.17, 15) is 19.2 Å². The molecular weight excluding hydrogens is 817 g/mol. The van der Waals surface area contributed by atoms with Crippen molar-refractivity contribution in [2.24, 2.45) is 46.3 Å². The molecule has 0 heterocycles. The van der Waals surface area contributed by atoms with Crippen molar-refractivity contribution < 1.29 is 42.9 Å². The first-order valence-corrected chi connectivity index (χ1v) is 24.3. The standard InChI is InChI=1S/C56H70O9/c1-7-35-61-42-20-15-39(16-21-42)53(59)64-45-26-24-44(25-27-45)63-52(58)14-9-8-13-51(57)62-43-22-17-40(18-23-43)54(60)65-46-31-33-55(5)41(36-46)19-28-47-49-30-29-48(38(4)12-10-11-37(2)3)56(49,6)34-32-50(47)55/h7,15-27,37-38,46-50H,1,8-14,28-36H2,2-6H3/t38-,46?,47+,48-,49+,50+,55+,56-/m1/s1. The van der Waals surface area contributed by atoms with Crippen LogP contribution in [0, 0.1) is 46.3 Å². The smallest absolute Gasteiger partial charge is 0.343 e. The molecule has 65 heavy (non-hydrogen) atoms. The van der Waals surface area contributed by atoms with Crippen LogP contribution >= 0.6 is 0 Å². The Morgan fingerprint density at radius 1 is 0.677 bits per heavy atom. The van der Waals surface area contributed by atoms with Gasteiger partial charge in [-0.1, -0.05) is 78.2 Å². The van der Waals surface area contributed by atoms with Crippen molar-refractivity contribution in [3.8, 4) is 23.0 Å². The predicted octanol–water partition coefficient (Wildman–Crippen LogP) is 13.1. The number of hydrogen-bond donors (Lipinski definition) is 0. The number of ether oxygens (including phenoxy) is 5. The van der Waals surface area contributed by atoms with E-state index in [1.165, 1.54) is 56.9 Å². The van der Waals surface area contributed by atoms with E-state index in [4.69, 9.17) is 23.7 Å². The molecular formula is C56H70O9. The molecule has 4 aliphatic carbocycles. The lowest BCUT2D eigenvalue weighted by molar-refractivity contribution is -0.136. The van der Waals surface area contributed by atoms with Gasteiger partial charge in [-0.25, -0.2) is 9.59 Å². The lowest BCUT2D eigenvalue weighted by Crippen LogP contribution is -2.51. The van der Waals surface area contributed by atoms with Gasteiger partial charge in [0.25, 0.3) is 0 Å². The van der Waals surface area contributed by atoms with Crippen LogP contribution in [0.15, 0.2) is 97.1 Å². The normalized spacial score (nSPS) is 26.1. The first-order chi connectivity index (χ1) is 31.2. The second-order valence-corrected chi connectivity index (χ2v) is 20.2. The first kappa shape index (κ1) is 47.8. The first-order valence-electron chi connectivity index (χ1n) is 24.3. The SMILES string of the molecule is C=CCOc1ccc(C(=O)Oc2ccc(OC(=O)CCCCC(=O)Oc3ccc(C(=O)OC4CC[C@@]5(C)C(=CC[C@H]6[C@@H]7CC[C@H]([C@H](C)CCCC(C)C)[C@@]7(C)CC[C@@H]65)C4)cc3)cc2)cc1. The zero-order chi connectivity index (χ0) is 46.1. The van der Waals surface area contributed by atoms with Gasteiger partial charge in [0, 0.05) is 19.3 Å². The van der Waals surface area contributed by atoms with Crippen LogP contribution < -0.4 is 18.9 Å². The largest absolute Gasteiger partial charge is 0.490 e. The number of carbonyl (C=O) groups excluding carboxylic acids is 4. The summed E-state index contributed by atoms with van der Waals surface area (Å²) >= 11 is 0. The molecule has 9 heteroatoms. The van der Waals surface area contributed by atoms with Crippen LogP contribution in [0.4, 0.5) is 0 Å². The third kappa shape index (κ3) is 11.6. The third-order valence-corrected chi connectivity index (χ3v) is 15.6. The number of rotatable bonds is 19. The molecule has 4 aliphatic rings. The van der Waals surface area contributed by atoms with Crippen LogP contribution in [0.2, 0.25) is 0 Å². The highest BCUT2D eigenvalue weighted by atomic mass is 16.6. The van der Waals surface area contributed by atoms with Crippen molar-refractivity contribution in [2.45, 2.75) is 137 Å². The summed E-state index contributed by atoms with van der Waals surface area (Å²) in [6, 6.07) is 19.3. The second kappa shape index (κ2) is 21.4. The van der Waals surface area contributed by atoms with E-state index in [-0.39, 0.29) is 30.3 Å². The summed E-state index contributed by atoms with van der Waals surface area (Å²) in [6.07, 6.45) is 18.6. The van der Waals surface area contributed by atoms with E-state index in [2.05, 4.69) is 47.3 Å². The van der Waals surface area contributed by atoms with E-state index >= 15 is 0 Å². The molecule has 0 aromatic heterocycles. The third-order valence-electron chi connectivity index (χ3n) is 15.6. The molecule has 3 fully saturated rings. The summed E-state index contributed by atoms with van der Waals surface area (Å²) in [5.41, 5.74) is 2.96. The van der Waals surface area contributed by atoms with Crippen LogP contribution in [0.1, 0.15) is 152 Å². The minimum absolute atomic E-state index is 0.116. The fourth-order valence-electron chi connectivity index (χ4n) is 12.1. The molecule has 0 saturated heterocycles. The maximum atomic E-state index is 13.3. The van der Waals surface area contributed by atoms with Gasteiger partial charge < -0.3 is 23.7 Å². The van der Waals surface area contributed by atoms with Gasteiger partial charge in [0.05, 0.1) is 11.1 Å². The quantitative estimate of drug-likeness (QED) is 0.0502. The number of unbranched alkanes of at least 4 members (excludes halogenated alkanes) is 1. The van der Waals surface area contributed by atoms with E-state index in [0.717, 1.165) is 54.8 Å². The van der Waals surface area contributed by atoms with Crippen LogP contribution in [-0.2, 0) is 14.3 Å². The molecule has 0 bridgehead atoms. The minimum Gasteiger partial charge on any atom is -0.490 e. The van der Waals surface area contributed by atoms with Gasteiger partial charge in [-0.3, -0.25) is 9.59 Å². The maximum absolute atomic E-state index is 13.3. The van der Waals surface area contributed by atoms with Gasteiger partial charge in [0.15, 0.2) is 0 Å². The van der Waals surface area contributed by atoms with Gasteiger partial charge in [-0.05, 0) is 177 Å². The van der Waals surface area contributed by atoms with Gasteiger partial charge >= 0.3 is 23.9 Å². The minimum atomic E-state index is -0.530. The van der Waals surface area contributed by atoms with Crippen LogP contribution in [0.3, 0.4) is 0 Å². The molecule has 0 aliphatic heterocycles. The molecule has 1 unspecified atom stereocenters. The summed E-state index contributed by atoms with van der Waals surface area (Å²) in [4.78, 5) is 50.9. The van der Waals surface area contributed by atoms with E-state index in [1.807, 2.05) is 0 Å². The van der Waals surface area contributed by atoms with Crippen LogP contribution in [-0.4, -0.2) is 36.6 Å². The molecule has 9 nitrogen and oxygen atoms in total. The molecule has 3 aromatic carbocycles. The molecule has 0 spiro atoms. The summed E-state index contributed by atoms with van der Waals surface area (Å²) < 4.78 is 27.9. The number of allylic oxidation sites excluding steroid dienone is 1. The summed E-state index contributed by atoms with van der Waals surface area (Å²) in [6.45, 7) is 16.4. The predicted molar refractivity (Wildman–Crippen MR) is 252 cm³/mol. The van der Waals surface area contributed by atoms with Crippen molar-refractivity contribution >= 4 is 23.9 Å². The van der Waals surface area contributed by atoms with Gasteiger partial charge in [-0.2, -0.15) is 0 Å². The Morgan fingerprint density at radius 2 is 1.26 bits per heavy atom. The number of fused-ring (bicyclic) bond motifs is 5. The zero-order valence-electron chi connectivity index (χ0n) is 39.3. The zero-order valence-corrected chi connectivity index (χ0v) is 39.3. The van der Waals surface area contributed by atoms with E-state index in [0.29, 0.717) is 59.0 Å². The summed E-state index contributed by atoms with van der Waals surface area (Å²) in [5, 5.41) is 0. The summed E-state index contributed by atoms with van der Waals surface area (Å²) in [7, 11) is 0. The number of hydrogen-bond acceptors (Lipinski definition) is 9. The Morgan fingerprint density at radius 3 is 1.88 bits per heavy atom. The lowest BCUT2D eigenvalue weighted by atomic mass is 9.47. The Labute approximate surface area is 386 Å². The highest BCUT2D eigenvalue weighted by Crippen LogP contribution is 2.67. The molecule has 8 atom stereocenters. The van der Waals surface area contributed by atoms with Crippen LogP contribution in [0.25, 0.3) is 0 Å². The van der Waals surface area contributed by atoms with Crippen molar-refractivity contribution in [3.05, 3.63) is 108 Å². The van der Waals surface area contributed by atoms with E-state index < -0.39 is 17.9 Å².